The molecule has 0 fully saturated rings. The van der Waals surface area contributed by atoms with Crippen molar-refractivity contribution >= 4 is 5.91 Å². The van der Waals surface area contributed by atoms with Gasteiger partial charge in [0.2, 0.25) is 5.91 Å². The van der Waals surface area contributed by atoms with E-state index in [1.807, 2.05) is 56.3 Å². The number of hydrogen-bond acceptors (Lipinski definition) is 3. The van der Waals surface area contributed by atoms with Crippen molar-refractivity contribution in [3.63, 3.8) is 0 Å². The third-order valence-corrected chi connectivity index (χ3v) is 3.44. The maximum Gasteiger partial charge on any atom is 0.224 e. The van der Waals surface area contributed by atoms with E-state index in [0.29, 0.717) is 6.42 Å². The van der Waals surface area contributed by atoms with Crippen LogP contribution < -0.4 is 5.73 Å². The van der Waals surface area contributed by atoms with E-state index in [4.69, 9.17) is 5.73 Å². The summed E-state index contributed by atoms with van der Waals surface area (Å²) in [6.45, 7) is 5.67. The Labute approximate surface area is 122 Å². The lowest BCUT2D eigenvalue weighted by atomic mass is 10.0. The van der Waals surface area contributed by atoms with Gasteiger partial charge in [0.1, 0.15) is 0 Å². The predicted molar refractivity (Wildman–Crippen MR) is 83.4 cm³/mol. The number of hydrogen-bond donors (Lipinski definition) is 1. The van der Waals surface area contributed by atoms with Crippen LogP contribution in [0.1, 0.15) is 31.9 Å². The van der Waals surface area contributed by atoms with Gasteiger partial charge in [0.25, 0.3) is 0 Å². The van der Waals surface area contributed by atoms with Crippen molar-refractivity contribution < 1.29 is 4.79 Å². The molecule has 0 saturated carbocycles. The topological polar surface area (TPSA) is 49.6 Å². The normalized spacial score (nSPS) is 14.1. The fourth-order valence-corrected chi connectivity index (χ4v) is 2.48. The minimum atomic E-state index is -0.232. The highest BCUT2D eigenvalue weighted by molar-refractivity contribution is 5.77. The molecule has 0 aromatic heterocycles. The summed E-state index contributed by atoms with van der Waals surface area (Å²) in [5.74, 6) is 0.123. The Bertz CT molecular complexity index is 405. The third-order valence-electron chi connectivity index (χ3n) is 3.44. The Kier molecular flexibility index (Phi) is 6.68. The minimum Gasteiger partial charge on any atom is -0.339 e. The number of carbonyl (C=O) groups excluding carboxylic acids is 1. The highest BCUT2D eigenvalue weighted by Gasteiger charge is 2.21. The van der Waals surface area contributed by atoms with Crippen molar-refractivity contribution in [1.82, 2.24) is 9.80 Å². The van der Waals surface area contributed by atoms with Gasteiger partial charge in [0.05, 0.1) is 0 Å². The SMILES string of the molecule is CCN(C(=O)CC(N)c1ccccc1)C(C)CN(C)C. The third kappa shape index (κ3) is 4.94. The molecule has 0 bridgehead atoms. The first-order chi connectivity index (χ1) is 9.45. The molecule has 1 aromatic rings. The molecule has 0 spiro atoms. The van der Waals surface area contributed by atoms with Crippen LogP contribution in [0.3, 0.4) is 0 Å². The van der Waals surface area contributed by atoms with E-state index in [1.54, 1.807) is 0 Å². The zero-order valence-electron chi connectivity index (χ0n) is 13.0. The quantitative estimate of drug-likeness (QED) is 0.828. The molecule has 2 unspecified atom stereocenters. The molecular formula is C16H27N3O. The predicted octanol–water partition coefficient (Wildman–Crippen LogP) is 1.88. The van der Waals surface area contributed by atoms with Gasteiger partial charge < -0.3 is 15.5 Å². The van der Waals surface area contributed by atoms with E-state index in [1.165, 1.54) is 0 Å². The van der Waals surface area contributed by atoms with E-state index in [2.05, 4.69) is 11.8 Å². The summed E-state index contributed by atoms with van der Waals surface area (Å²) in [6.07, 6.45) is 0.357. The Morgan fingerprint density at radius 1 is 1.25 bits per heavy atom. The molecule has 0 heterocycles. The van der Waals surface area contributed by atoms with E-state index in [-0.39, 0.29) is 18.0 Å². The second kappa shape index (κ2) is 8.02. The van der Waals surface area contributed by atoms with Gasteiger partial charge in [-0.2, -0.15) is 0 Å². The average Bonchev–Trinajstić information content (AvgIpc) is 2.39. The number of benzene rings is 1. The molecule has 1 aromatic carbocycles. The fraction of sp³-hybridized carbons (Fsp3) is 0.562. The summed E-state index contributed by atoms with van der Waals surface area (Å²) in [7, 11) is 4.04. The highest BCUT2D eigenvalue weighted by Crippen LogP contribution is 2.15. The van der Waals surface area contributed by atoms with Crippen LogP contribution in [0.4, 0.5) is 0 Å². The van der Waals surface area contributed by atoms with Gasteiger partial charge in [-0.05, 0) is 33.5 Å². The van der Waals surface area contributed by atoms with Gasteiger partial charge in [-0.3, -0.25) is 4.79 Å². The lowest BCUT2D eigenvalue weighted by Crippen LogP contribution is -2.44. The van der Waals surface area contributed by atoms with Crippen LogP contribution in [-0.2, 0) is 4.79 Å². The van der Waals surface area contributed by atoms with Gasteiger partial charge in [-0.1, -0.05) is 30.3 Å². The zero-order valence-corrected chi connectivity index (χ0v) is 13.0. The Morgan fingerprint density at radius 2 is 1.85 bits per heavy atom. The van der Waals surface area contributed by atoms with E-state index >= 15 is 0 Å². The van der Waals surface area contributed by atoms with Gasteiger partial charge in [-0.15, -0.1) is 0 Å². The summed E-state index contributed by atoms with van der Waals surface area (Å²) in [6, 6.07) is 9.76. The van der Waals surface area contributed by atoms with Crippen molar-refractivity contribution in [2.24, 2.45) is 5.73 Å². The first-order valence-corrected chi connectivity index (χ1v) is 7.20. The van der Waals surface area contributed by atoms with Gasteiger partial charge in [0.15, 0.2) is 0 Å². The van der Waals surface area contributed by atoms with Crippen molar-refractivity contribution in [2.75, 3.05) is 27.2 Å². The van der Waals surface area contributed by atoms with Gasteiger partial charge in [0, 0.05) is 31.6 Å². The van der Waals surface area contributed by atoms with Crippen LogP contribution in [0.15, 0.2) is 30.3 Å². The highest BCUT2D eigenvalue weighted by atomic mass is 16.2. The largest absolute Gasteiger partial charge is 0.339 e. The molecular weight excluding hydrogens is 250 g/mol. The standard InChI is InChI=1S/C16H27N3O/c1-5-19(13(2)12-18(3)4)16(20)11-15(17)14-9-7-6-8-10-14/h6-10,13,15H,5,11-12,17H2,1-4H3. The monoisotopic (exact) mass is 277 g/mol. The van der Waals surface area contributed by atoms with Crippen LogP contribution in [0.2, 0.25) is 0 Å². The second-order valence-corrected chi connectivity index (χ2v) is 5.51. The number of carbonyl (C=O) groups is 1. The lowest BCUT2D eigenvalue weighted by Gasteiger charge is -2.31. The molecule has 1 amide bonds. The Morgan fingerprint density at radius 3 is 2.35 bits per heavy atom. The minimum absolute atomic E-state index is 0.123. The summed E-state index contributed by atoms with van der Waals surface area (Å²) in [5.41, 5.74) is 7.14. The van der Waals surface area contributed by atoms with E-state index < -0.39 is 0 Å². The molecule has 20 heavy (non-hydrogen) atoms. The molecule has 4 nitrogen and oxygen atoms in total. The number of nitrogens with two attached hydrogens (primary N) is 1. The summed E-state index contributed by atoms with van der Waals surface area (Å²) >= 11 is 0. The number of amides is 1. The molecule has 0 aliphatic heterocycles. The van der Waals surface area contributed by atoms with Crippen LogP contribution in [0, 0.1) is 0 Å². The first-order valence-electron chi connectivity index (χ1n) is 7.20. The van der Waals surface area contributed by atoms with Crippen LogP contribution in [0.5, 0.6) is 0 Å². The summed E-state index contributed by atoms with van der Waals surface area (Å²) in [5, 5.41) is 0. The maximum absolute atomic E-state index is 12.4. The molecule has 0 radical (unpaired) electrons. The van der Waals surface area contributed by atoms with Gasteiger partial charge in [-0.25, -0.2) is 0 Å². The number of rotatable bonds is 7. The van der Waals surface area contributed by atoms with E-state index in [9.17, 15) is 4.79 Å². The van der Waals surface area contributed by atoms with Gasteiger partial charge >= 0.3 is 0 Å². The molecule has 0 saturated heterocycles. The molecule has 112 valence electrons. The molecule has 2 atom stereocenters. The van der Waals surface area contributed by atoms with Crippen LogP contribution in [0.25, 0.3) is 0 Å². The molecule has 0 aliphatic carbocycles. The summed E-state index contributed by atoms with van der Waals surface area (Å²) < 4.78 is 0. The maximum atomic E-state index is 12.4. The fourth-order valence-electron chi connectivity index (χ4n) is 2.48. The smallest absolute Gasteiger partial charge is 0.224 e. The average molecular weight is 277 g/mol. The van der Waals surface area contributed by atoms with E-state index in [0.717, 1.165) is 18.7 Å². The summed E-state index contributed by atoms with van der Waals surface area (Å²) in [4.78, 5) is 16.4. The molecule has 4 heteroatoms. The van der Waals surface area contributed by atoms with Crippen molar-refractivity contribution in [3.05, 3.63) is 35.9 Å². The van der Waals surface area contributed by atoms with Crippen molar-refractivity contribution in [2.45, 2.75) is 32.4 Å². The molecule has 2 N–H and O–H groups in total. The molecule has 1 rings (SSSR count). The van der Waals surface area contributed by atoms with Crippen molar-refractivity contribution in [3.8, 4) is 0 Å². The number of likely N-dealkylation sites (N-methyl/N-ethyl adjacent to an activating group) is 2. The molecule has 0 aliphatic rings. The Balaban J connectivity index is 2.63. The van der Waals surface area contributed by atoms with Crippen LogP contribution >= 0.6 is 0 Å². The lowest BCUT2D eigenvalue weighted by molar-refractivity contribution is -0.133. The van der Waals surface area contributed by atoms with Crippen LogP contribution in [-0.4, -0.2) is 48.9 Å². The zero-order chi connectivity index (χ0) is 15.1. The van der Waals surface area contributed by atoms with Crippen molar-refractivity contribution in [1.29, 1.82) is 0 Å². The Hall–Kier alpha value is -1.39. The second-order valence-electron chi connectivity index (χ2n) is 5.51. The first kappa shape index (κ1) is 16.7. The number of nitrogens with zero attached hydrogens (tertiary/aromatic N) is 2.